The lowest BCUT2D eigenvalue weighted by Crippen LogP contribution is -2.05. The molecule has 1 aromatic heterocycles. The van der Waals surface area contributed by atoms with Crippen molar-refractivity contribution in [2.24, 2.45) is 0 Å². The molecule has 2 rings (SSSR count). The first-order chi connectivity index (χ1) is 9.74. The number of rotatable bonds is 6. The Balaban J connectivity index is 2.32. The summed E-state index contributed by atoms with van der Waals surface area (Å²) < 4.78 is 1.08. The maximum atomic E-state index is 4.46. The van der Waals surface area contributed by atoms with E-state index in [0.29, 0.717) is 0 Å². The molecular weight excluding hydrogens is 334 g/mol. The molecule has 0 amide bonds. The van der Waals surface area contributed by atoms with Gasteiger partial charge in [0, 0.05) is 21.5 Å². The Kier molecular flexibility index (Phi) is 5.86. The maximum Gasteiger partial charge on any atom is 0.133 e. The fraction of sp³-hybridized carbons (Fsp3) is 0.333. The zero-order chi connectivity index (χ0) is 14.4. The highest BCUT2D eigenvalue weighted by molar-refractivity contribution is 9.10. The molecule has 0 saturated carbocycles. The smallest absolute Gasteiger partial charge is 0.133 e. The number of anilines is 1. The molecule has 0 bridgehead atoms. The molecule has 1 aromatic carbocycles. The standard InChI is InChI=1S/C15H18BrN3S/c1-3-6-13-14(17-4-2)18-10-19-15(13)20-12-8-5-7-11(16)9-12/h5,7-10H,3-4,6H2,1-2H3,(H,17,18,19). The summed E-state index contributed by atoms with van der Waals surface area (Å²) in [7, 11) is 0. The summed E-state index contributed by atoms with van der Waals surface area (Å²) in [6, 6.07) is 8.27. The molecule has 1 N–H and O–H groups in total. The molecule has 1 heterocycles. The van der Waals surface area contributed by atoms with Gasteiger partial charge in [0.05, 0.1) is 0 Å². The van der Waals surface area contributed by atoms with Crippen molar-refractivity contribution in [2.45, 2.75) is 36.6 Å². The van der Waals surface area contributed by atoms with Crippen molar-refractivity contribution in [2.75, 3.05) is 11.9 Å². The summed E-state index contributed by atoms with van der Waals surface area (Å²) in [4.78, 5) is 10.0. The highest BCUT2D eigenvalue weighted by Crippen LogP contribution is 2.33. The summed E-state index contributed by atoms with van der Waals surface area (Å²) in [6.45, 7) is 5.13. The first-order valence-electron chi connectivity index (χ1n) is 6.75. The van der Waals surface area contributed by atoms with E-state index in [1.54, 1.807) is 18.1 Å². The van der Waals surface area contributed by atoms with Gasteiger partial charge in [0.2, 0.25) is 0 Å². The molecule has 0 radical (unpaired) electrons. The van der Waals surface area contributed by atoms with Crippen LogP contribution in [-0.2, 0) is 6.42 Å². The van der Waals surface area contributed by atoms with Gasteiger partial charge < -0.3 is 5.32 Å². The van der Waals surface area contributed by atoms with Gasteiger partial charge in [-0.25, -0.2) is 9.97 Å². The summed E-state index contributed by atoms with van der Waals surface area (Å²) in [6.07, 6.45) is 3.70. The van der Waals surface area contributed by atoms with E-state index in [-0.39, 0.29) is 0 Å². The van der Waals surface area contributed by atoms with E-state index in [4.69, 9.17) is 0 Å². The van der Waals surface area contributed by atoms with Crippen molar-refractivity contribution in [3.8, 4) is 0 Å². The largest absolute Gasteiger partial charge is 0.370 e. The normalized spacial score (nSPS) is 10.6. The van der Waals surface area contributed by atoms with E-state index in [0.717, 1.165) is 34.7 Å². The topological polar surface area (TPSA) is 37.8 Å². The predicted molar refractivity (Wildman–Crippen MR) is 88.5 cm³/mol. The maximum absolute atomic E-state index is 4.46. The van der Waals surface area contributed by atoms with E-state index in [1.807, 2.05) is 12.1 Å². The van der Waals surface area contributed by atoms with Gasteiger partial charge in [-0.05, 0) is 31.5 Å². The number of benzene rings is 1. The second-order valence-electron chi connectivity index (χ2n) is 4.35. The van der Waals surface area contributed by atoms with Crippen LogP contribution in [0.1, 0.15) is 25.8 Å². The van der Waals surface area contributed by atoms with Gasteiger partial charge in [-0.2, -0.15) is 0 Å². The van der Waals surface area contributed by atoms with Crippen LogP contribution < -0.4 is 5.32 Å². The van der Waals surface area contributed by atoms with Crippen molar-refractivity contribution in [1.29, 1.82) is 0 Å². The lowest BCUT2D eigenvalue weighted by Gasteiger charge is -2.12. The summed E-state index contributed by atoms with van der Waals surface area (Å²) in [5, 5.41) is 4.36. The zero-order valence-corrected chi connectivity index (χ0v) is 14.1. The van der Waals surface area contributed by atoms with Gasteiger partial charge in [-0.3, -0.25) is 0 Å². The summed E-state index contributed by atoms with van der Waals surface area (Å²) in [5.41, 5.74) is 1.21. The van der Waals surface area contributed by atoms with E-state index >= 15 is 0 Å². The first-order valence-corrected chi connectivity index (χ1v) is 8.36. The SMILES string of the molecule is CCCc1c(NCC)ncnc1Sc1cccc(Br)c1. The predicted octanol–water partition coefficient (Wildman–Crippen LogP) is 4.77. The van der Waals surface area contributed by atoms with Crippen LogP contribution >= 0.6 is 27.7 Å². The van der Waals surface area contributed by atoms with Crippen LogP contribution in [-0.4, -0.2) is 16.5 Å². The summed E-state index contributed by atoms with van der Waals surface area (Å²) in [5.74, 6) is 0.960. The quantitative estimate of drug-likeness (QED) is 0.760. The molecule has 0 atom stereocenters. The molecule has 5 heteroatoms. The monoisotopic (exact) mass is 351 g/mol. The first kappa shape index (κ1) is 15.3. The Labute approximate surface area is 132 Å². The molecular formula is C15H18BrN3S. The third-order valence-corrected chi connectivity index (χ3v) is 4.29. The van der Waals surface area contributed by atoms with E-state index in [1.165, 1.54) is 10.5 Å². The second-order valence-corrected chi connectivity index (χ2v) is 6.32. The molecule has 0 spiro atoms. The van der Waals surface area contributed by atoms with Gasteiger partial charge >= 0.3 is 0 Å². The summed E-state index contributed by atoms with van der Waals surface area (Å²) >= 11 is 5.19. The van der Waals surface area contributed by atoms with Crippen molar-refractivity contribution in [3.05, 3.63) is 40.6 Å². The molecule has 0 unspecified atom stereocenters. The third-order valence-electron chi connectivity index (χ3n) is 2.76. The molecule has 0 aliphatic rings. The molecule has 0 fully saturated rings. The minimum absolute atomic E-state index is 0.870. The lowest BCUT2D eigenvalue weighted by atomic mass is 10.2. The molecule has 0 aliphatic carbocycles. The fourth-order valence-electron chi connectivity index (χ4n) is 1.92. The Bertz CT molecular complexity index is 575. The van der Waals surface area contributed by atoms with Crippen LogP contribution in [0.25, 0.3) is 0 Å². The minimum atomic E-state index is 0.870. The van der Waals surface area contributed by atoms with Gasteiger partial charge in [-0.15, -0.1) is 0 Å². The van der Waals surface area contributed by atoms with E-state index < -0.39 is 0 Å². The van der Waals surface area contributed by atoms with Gasteiger partial charge in [0.15, 0.2) is 0 Å². The molecule has 106 valence electrons. The molecule has 20 heavy (non-hydrogen) atoms. The zero-order valence-electron chi connectivity index (χ0n) is 11.7. The minimum Gasteiger partial charge on any atom is -0.370 e. The van der Waals surface area contributed by atoms with Crippen molar-refractivity contribution in [3.63, 3.8) is 0 Å². The van der Waals surface area contributed by atoms with E-state index in [2.05, 4.69) is 57.2 Å². The second kappa shape index (κ2) is 7.64. The number of halogens is 1. The van der Waals surface area contributed by atoms with E-state index in [9.17, 15) is 0 Å². The van der Waals surface area contributed by atoms with Crippen LogP contribution in [0.4, 0.5) is 5.82 Å². The number of aromatic nitrogens is 2. The van der Waals surface area contributed by atoms with Crippen LogP contribution in [0, 0.1) is 0 Å². The van der Waals surface area contributed by atoms with Gasteiger partial charge in [-0.1, -0.05) is 47.1 Å². The average molecular weight is 352 g/mol. The molecule has 0 saturated heterocycles. The molecule has 0 aliphatic heterocycles. The van der Waals surface area contributed by atoms with Crippen LogP contribution in [0.5, 0.6) is 0 Å². The Morgan fingerprint density at radius 1 is 1.25 bits per heavy atom. The van der Waals surface area contributed by atoms with Crippen molar-refractivity contribution < 1.29 is 0 Å². The third kappa shape index (κ3) is 3.96. The number of hydrogen-bond acceptors (Lipinski definition) is 4. The van der Waals surface area contributed by atoms with Crippen LogP contribution in [0.2, 0.25) is 0 Å². The number of nitrogens with one attached hydrogen (secondary N) is 1. The highest BCUT2D eigenvalue weighted by atomic mass is 79.9. The highest BCUT2D eigenvalue weighted by Gasteiger charge is 2.11. The Morgan fingerprint density at radius 3 is 2.80 bits per heavy atom. The van der Waals surface area contributed by atoms with Crippen LogP contribution in [0.3, 0.4) is 0 Å². The molecule has 3 nitrogen and oxygen atoms in total. The van der Waals surface area contributed by atoms with Crippen molar-refractivity contribution >= 4 is 33.5 Å². The van der Waals surface area contributed by atoms with Gasteiger partial charge in [0.1, 0.15) is 17.2 Å². The Morgan fingerprint density at radius 2 is 2.10 bits per heavy atom. The number of hydrogen-bond donors (Lipinski definition) is 1. The number of nitrogens with zero attached hydrogens (tertiary/aromatic N) is 2. The average Bonchev–Trinajstić information content (AvgIpc) is 2.43. The van der Waals surface area contributed by atoms with Crippen molar-refractivity contribution in [1.82, 2.24) is 9.97 Å². The lowest BCUT2D eigenvalue weighted by molar-refractivity contribution is 0.855. The van der Waals surface area contributed by atoms with Gasteiger partial charge in [0.25, 0.3) is 0 Å². The fourth-order valence-corrected chi connectivity index (χ4v) is 3.45. The Hall–Kier alpha value is -1.07. The molecule has 2 aromatic rings. The van der Waals surface area contributed by atoms with Crippen LogP contribution in [0.15, 0.2) is 45.0 Å².